The first kappa shape index (κ1) is 24.6. The van der Waals surface area contributed by atoms with E-state index >= 15 is 0 Å². The summed E-state index contributed by atoms with van der Waals surface area (Å²) in [4.78, 5) is 5.12. The molecular formula is C41H27N3. The average molecular weight is 562 g/mol. The Balaban J connectivity index is 1.31. The fourth-order valence-corrected chi connectivity index (χ4v) is 6.79. The molecule has 3 heterocycles. The van der Waals surface area contributed by atoms with E-state index in [9.17, 15) is 0 Å². The minimum atomic E-state index is 0.952. The van der Waals surface area contributed by atoms with Crippen molar-refractivity contribution in [3.8, 4) is 33.8 Å². The van der Waals surface area contributed by atoms with Gasteiger partial charge in [-0.25, -0.2) is 0 Å². The van der Waals surface area contributed by atoms with Crippen LogP contribution in [-0.2, 0) is 0 Å². The third kappa shape index (κ3) is 3.73. The normalized spacial score (nSPS) is 11.6. The van der Waals surface area contributed by atoms with Crippen LogP contribution in [0.2, 0.25) is 0 Å². The topological polar surface area (TPSA) is 22.8 Å². The molecule has 0 unspecified atom stereocenters. The van der Waals surface area contributed by atoms with Crippen LogP contribution >= 0.6 is 0 Å². The van der Waals surface area contributed by atoms with E-state index in [0.717, 1.165) is 39.1 Å². The first-order chi connectivity index (χ1) is 21.8. The molecule has 206 valence electrons. The van der Waals surface area contributed by atoms with Gasteiger partial charge < -0.3 is 9.13 Å². The summed E-state index contributed by atoms with van der Waals surface area (Å²) in [7, 11) is 0. The molecule has 44 heavy (non-hydrogen) atoms. The molecule has 0 fully saturated rings. The fourth-order valence-electron chi connectivity index (χ4n) is 6.79. The van der Waals surface area contributed by atoms with E-state index in [4.69, 9.17) is 4.98 Å². The van der Waals surface area contributed by atoms with E-state index in [2.05, 4.69) is 167 Å². The van der Waals surface area contributed by atoms with Crippen LogP contribution in [0.5, 0.6) is 0 Å². The summed E-state index contributed by atoms with van der Waals surface area (Å²) in [6.45, 7) is 0. The molecule has 0 aliphatic carbocycles. The van der Waals surface area contributed by atoms with Crippen LogP contribution in [0.15, 0.2) is 164 Å². The fraction of sp³-hybridized carbons (Fsp3) is 0. The minimum absolute atomic E-state index is 0.952. The summed E-state index contributed by atoms with van der Waals surface area (Å²) in [5.74, 6) is 0. The zero-order chi connectivity index (χ0) is 29.0. The molecule has 0 N–H and O–H groups in total. The average Bonchev–Trinajstić information content (AvgIpc) is 3.62. The van der Waals surface area contributed by atoms with Gasteiger partial charge in [-0.05, 0) is 53.6 Å². The first-order valence-electron chi connectivity index (χ1n) is 15.0. The number of fused-ring (bicyclic) bond motifs is 6. The van der Waals surface area contributed by atoms with Crippen molar-refractivity contribution in [2.45, 2.75) is 0 Å². The van der Waals surface area contributed by atoms with Gasteiger partial charge in [-0.2, -0.15) is 0 Å². The van der Waals surface area contributed by atoms with E-state index in [1.165, 1.54) is 38.3 Å². The first-order valence-corrected chi connectivity index (χ1v) is 15.0. The highest BCUT2D eigenvalue weighted by Crippen LogP contribution is 2.40. The molecule has 0 saturated carbocycles. The van der Waals surface area contributed by atoms with Gasteiger partial charge >= 0.3 is 0 Å². The Labute approximate surface area is 254 Å². The highest BCUT2D eigenvalue weighted by molar-refractivity contribution is 6.14. The van der Waals surface area contributed by atoms with Crippen LogP contribution < -0.4 is 0 Å². The maximum atomic E-state index is 5.12. The van der Waals surface area contributed by atoms with Gasteiger partial charge in [0, 0.05) is 44.7 Å². The van der Waals surface area contributed by atoms with Crippen LogP contribution in [-0.4, -0.2) is 14.1 Å². The maximum absolute atomic E-state index is 5.12. The summed E-state index contributed by atoms with van der Waals surface area (Å²) < 4.78 is 4.75. The third-order valence-corrected chi connectivity index (χ3v) is 8.78. The molecule has 9 aromatic rings. The lowest BCUT2D eigenvalue weighted by Crippen LogP contribution is -1.97. The second kappa shape index (κ2) is 9.82. The van der Waals surface area contributed by atoms with Gasteiger partial charge in [-0.1, -0.05) is 115 Å². The number of hydrogen-bond donors (Lipinski definition) is 0. The molecule has 3 nitrogen and oxygen atoms in total. The molecule has 3 aromatic heterocycles. The number of pyridine rings is 1. The molecule has 0 aliphatic rings. The molecule has 6 aromatic carbocycles. The van der Waals surface area contributed by atoms with Crippen molar-refractivity contribution < 1.29 is 0 Å². The zero-order valence-electron chi connectivity index (χ0n) is 23.9. The monoisotopic (exact) mass is 561 g/mol. The Morgan fingerprint density at radius 3 is 1.70 bits per heavy atom. The predicted molar refractivity (Wildman–Crippen MR) is 184 cm³/mol. The van der Waals surface area contributed by atoms with Gasteiger partial charge in [-0.15, -0.1) is 0 Å². The highest BCUT2D eigenvalue weighted by atomic mass is 15.0. The standard InChI is InChI=1S/C41H27N3/c1-3-12-28(13-4-1)29-22-24-31(25-23-29)44-39-21-10-7-16-32(39)34-18-11-19-35(41(34)44)37-26-40-36(27-42-37)33-17-8-9-20-38(33)43(40)30-14-5-2-6-15-30/h1-27H. The van der Waals surface area contributed by atoms with Crippen molar-refractivity contribution >= 4 is 43.6 Å². The second-order valence-corrected chi connectivity index (χ2v) is 11.2. The molecular weight excluding hydrogens is 534 g/mol. The van der Waals surface area contributed by atoms with E-state index in [1.54, 1.807) is 0 Å². The van der Waals surface area contributed by atoms with Crippen molar-refractivity contribution in [2.75, 3.05) is 0 Å². The van der Waals surface area contributed by atoms with Crippen molar-refractivity contribution in [3.63, 3.8) is 0 Å². The van der Waals surface area contributed by atoms with E-state index in [-0.39, 0.29) is 0 Å². The third-order valence-electron chi connectivity index (χ3n) is 8.78. The zero-order valence-corrected chi connectivity index (χ0v) is 23.9. The summed E-state index contributed by atoms with van der Waals surface area (Å²) >= 11 is 0. The molecule has 0 atom stereocenters. The summed E-state index contributed by atoms with van der Waals surface area (Å²) in [6, 6.07) is 56.2. The predicted octanol–water partition coefficient (Wildman–Crippen LogP) is 10.6. The van der Waals surface area contributed by atoms with Gasteiger partial charge in [0.2, 0.25) is 0 Å². The number of hydrogen-bond acceptors (Lipinski definition) is 1. The lowest BCUT2D eigenvalue weighted by molar-refractivity contribution is 1.17. The number of nitrogens with zero attached hydrogens (tertiary/aromatic N) is 3. The van der Waals surface area contributed by atoms with Gasteiger partial charge in [0.05, 0.1) is 27.8 Å². The summed E-state index contributed by atoms with van der Waals surface area (Å²) in [5.41, 5.74) is 11.4. The van der Waals surface area contributed by atoms with Gasteiger partial charge in [0.1, 0.15) is 0 Å². The number of rotatable bonds is 4. The SMILES string of the molecule is c1ccc(-c2ccc(-n3c4ccccc4c4cccc(-c5cc6c(cn5)c5ccccc5n6-c5ccccc5)c43)cc2)cc1. The molecule has 3 heteroatoms. The second-order valence-electron chi connectivity index (χ2n) is 11.2. The Hall–Kier alpha value is -5.93. The van der Waals surface area contributed by atoms with Crippen molar-refractivity contribution in [3.05, 3.63) is 164 Å². The maximum Gasteiger partial charge on any atom is 0.0744 e. The Bertz CT molecular complexity index is 2470. The summed E-state index contributed by atoms with van der Waals surface area (Å²) in [6.07, 6.45) is 2.05. The minimum Gasteiger partial charge on any atom is -0.309 e. The largest absolute Gasteiger partial charge is 0.309 e. The number of benzene rings is 6. The smallest absolute Gasteiger partial charge is 0.0744 e. The highest BCUT2D eigenvalue weighted by Gasteiger charge is 2.19. The van der Waals surface area contributed by atoms with E-state index in [1.807, 2.05) is 6.20 Å². The molecule has 0 radical (unpaired) electrons. The van der Waals surface area contributed by atoms with Crippen LogP contribution in [0.25, 0.3) is 77.4 Å². The lowest BCUT2D eigenvalue weighted by Gasteiger charge is -2.13. The summed E-state index contributed by atoms with van der Waals surface area (Å²) in [5, 5.41) is 4.81. The van der Waals surface area contributed by atoms with Crippen LogP contribution in [0.4, 0.5) is 0 Å². The van der Waals surface area contributed by atoms with Crippen LogP contribution in [0, 0.1) is 0 Å². The number of aromatic nitrogens is 3. The van der Waals surface area contributed by atoms with Crippen molar-refractivity contribution in [2.24, 2.45) is 0 Å². The van der Waals surface area contributed by atoms with Gasteiger partial charge in [-0.3, -0.25) is 4.98 Å². The molecule has 9 rings (SSSR count). The van der Waals surface area contributed by atoms with E-state index < -0.39 is 0 Å². The Morgan fingerprint density at radius 1 is 0.386 bits per heavy atom. The Morgan fingerprint density at radius 2 is 0.955 bits per heavy atom. The molecule has 0 aliphatic heterocycles. The molecule has 0 amide bonds. The Kier molecular flexibility index (Phi) is 5.50. The van der Waals surface area contributed by atoms with Crippen LogP contribution in [0.1, 0.15) is 0 Å². The van der Waals surface area contributed by atoms with Crippen molar-refractivity contribution in [1.29, 1.82) is 0 Å². The quantitative estimate of drug-likeness (QED) is 0.210. The number of para-hydroxylation sites is 4. The van der Waals surface area contributed by atoms with Gasteiger partial charge in [0.25, 0.3) is 0 Å². The molecule has 0 spiro atoms. The van der Waals surface area contributed by atoms with Crippen molar-refractivity contribution in [1.82, 2.24) is 14.1 Å². The van der Waals surface area contributed by atoms with Crippen LogP contribution in [0.3, 0.4) is 0 Å². The lowest BCUT2D eigenvalue weighted by atomic mass is 10.0. The molecule has 0 saturated heterocycles. The molecule has 0 bridgehead atoms. The van der Waals surface area contributed by atoms with Gasteiger partial charge in [0.15, 0.2) is 0 Å². The van der Waals surface area contributed by atoms with E-state index in [0.29, 0.717) is 0 Å².